The van der Waals surface area contributed by atoms with Crippen molar-refractivity contribution in [2.45, 2.75) is 44.2 Å². The van der Waals surface area contributed by atoms with Gasteiger partial charge in [0.1, 0.15) is 11.9 Å². The minimum absolute atomic E-state index is 0.0736. The quantitative estimate of drug-likeness (QED) is 0.395. The van der Waals surface area contributed by atoms with E-state index in [1.54, 1.807) is 0 Å². The number of Topliss-reactive ketones (excluding diaryl/α,β-unsaturated/α-hetero) is 1. The van der Waals surface area contributed by atoms with E-state index in [0.717, 1.165) is 56.3 Å². The van der Waals surface area contributed by atoms with E-state index in [4.69, 9.17) is 13.7 Å². The maximum atomic E-state index is 13.2. The molecule has 2 saturated heterocycles. The summed E-state index contributed by atoms with van der Waals surface area (Å²) in [6.45, 7) is 14.3. The van der Waals surface area contributed by atoms with Crippen LogP contribution in [0.1, 0.15) is 55.3 Å². The van der Waals surface area contributed by atoms with Crippen LogP contribution in [0.5, 0.6) is 5.75 Å². The van der Waals surface area contributed by atoms with Crippen molar-refractivity contribution in [3.05, 3.63) is 65.2 Å². The Morgan fingerprint density at radius 1 is 0.833 bits per heavy atom. The van der Waals surface area contributed by atoms with Crippen LogP contribution in [0, 0.1) is 0 Å². The lowest BCUT2D eigenvalue weighted by Crippen LogP contribution is -2.54. The molecule has 0 amide bonds. The van der Waals surface area contributed by atoms with Crippen molar-refractivity contribution in [3.63, 3.8) is 0 Å². The number of aliphatic hydroxyl groups excluding tert-OH is 1. The number of hydrogen-bond donors (Lipinski definition) is 1. The molecule has 36 heavy (non-hydrogen) atoms. The lowest BCUT2D eigenvalue weighted by atomic mass is 9.89. The molecule has 0 saturated carbocycles. The number of carbonyl (C=O) groups excluding carboxylic acids is 1. The maximum Gasteiger partial charge on any atom is 0.182 e. The summed E-state index contributed by atoms with van der Waals surface area (Å²) >= 11 is 1.43. The molecule has 8 heteroatoms. The van der Waals surface area contributed by atoms with Crippen LogP contribution < -0.4 is 4.18 Å². The van der Waals surface area contributed by atoms with Gasteiger partial charge in [-0.25, -0.2) is 0 Å². The molecule has 0 spiro atoms. The second-order valence-electron chi connectivity index (χ2n) is 10.3. The van der Waals surface area contributed by atoms with Crippen LogP contribution in [0.4, 0.5) is 0 Å². The van der Waals surface area contributed by atoms with Gasteiger partial charge in [-0.2, -0.15) is 0 Å². The molecule has 2 aromatic carbocycles. The first-order valence-corrected chi connectivity index (χ1v) is 13.4. The Morgan fingerprint density at radius 3 is 1.83 bits per heavy atom. The number of ketones is 1. The number of morpholine rings is 2. The first-order chi connectivity index (χ1) is 17.2. The standard InChI is InChI=1S/C28H38N2O5S/c1-27(2,29-13-17-33-18-14-29)26(32)23-7-5-21(6-8-23)25(31)22-9-11-24(12-10-22)35-36-28(3,4)30-15-19-34-20-16-30/h5-12,25,31H,13-20H2,1-4H3. The molecule has 7 nitrogen and oxygen atoms in total. The first kappa shape index (κ1) is 27.1. The molecule has 1 unspecified atom stereocenters. The van der Waals surface area contributed by atoms with Crippen LogP contribution in [0.3, 0.4) is 0 Å². The third-order valence-corrected chi connectivity index (χ3v) is 8.10. The number of ether oxygens (including phenoxy) is 2. The van der Waals surface area contributed by atoms with Gasteiger partial charge < -0.3 is 18.8 Å². The minimum Gasteiger partial charge on any atom is -0.424 e. The molecule has 2 aliphatic heterocycles. The van der Waals surface area contributed by atoms with E-state index in [1.165, 1.54) is 12.0 Å². The van der Waals surface area contributed by atoms with Gasteiger partial charge in [0.2, 0.25) is 0 Å². The van der Waals surface area contributed by atoms with Gasteiger partial charge in [0.25, 0.3) is 0 Å². The Bertz CT molecular complexity index is 998. The Hall–Kier alpha value is -1.94. The molecule has 2 aromatic rings. The van der Waals surface area contributed by atoms with E-state index >= 15 is 0 Å². The lowest BCUT2D eigenvalue weighted by molar-refractivity contribution is -0.00430. The number of rotatable bonds is 9. The summed E-state index contributed by atoms with van der Waals surface area (Å²) in [7, 11) is 0. The van der Waals surface area contributed by atoms with Crippen LogP contribution in [0.25, 0.3) is 0 Å². The molecule has 196 valence electrons. The molecule has 2 aliphatic rings. The van der Waals surface area contributed by atoms with Crippen molar-refractivity contribution in [2.24, 2.45) is 0 Å². The van der Waals surface area contributed by atoms with Crippen LogP contribution in [0.2, 0.25) is 0 Å². The van der Waals surface area contributed by atoms with E-state index in [0.29, 0.717) is 18.8 Å². The largest absolute Gasteiger partial charge is 0.424 e. The van der Waals surface area contributed by atoms with Gasteiger partial charge in [0, 0.05) is 31.7 Å². The van der Waals surface area contributed by atoms with Gasteiger partial charge in [0.05, 0.1) is 48.9 Å². The number of nitrogens with zero attached hydrogens (tertiary/aromatic N) is 2. The van der Waals surface area contributed by atoms with Crippen molar-refractivity contribution in [2.75, 3.05) is 52.6 Å². The van der Waals surface area contributed by atoms with Crippen LogP contribution in [0.15, 0.2) is 48.5 Å². The van der Waals surface area contributed by atoms with Crippen molar-refractivity contribution in [1.82, 2.24) is 9.80 Å². The molecule has 0 aliphatic carbocycles. The van der Waals surface area contributed by atoms with Crippen molar-refractivity contribution in [1.29, 1.82) is 0 Å². The zero-order valence-electron chi connectivity index (χ0n) is 21.7. The fraction of sp³-hybridized carbons (Fsp3) is 0.536. The van der Waals surface area contributed by atoms with Crippen LogP contribution >= 0.6 is 12.0 Å². The third-order valence-electron chi connectivity index (χ3n) is 7.16. The number of carbonyl (C=O) groups is 1. The Balaban J connectivity index is 1.35. The number of benzene rings is 2. The first-order valence-electron chi connectivity index (χ1n) is 12.6. The second kappa shape index (κ2) is 11.6. The average Bonchev–Trinajstić information content (AvgIpc) is 2.92. The smallest absolute Gasteiger partial charge is 0.182 e. The highest BCUT2D eigenvalue weighted by molar-refractivity contribution is 7.96. The van der Waals surface area contributed by atoms with E-state index in [2.05, 4.69) is 23.6 Å². The molecular formula is C28H38N2O5S. The van der Waals surface area contributed by atoms with Crippen molar-refractivity contribution >= 4 is 17.8 Å². The fourth-order valence-electron chi connectivity index (χ4n) is 4.64. The second-order valence-corrected chi connectivity index (χ2v) is 11.6. The Morgan fingerprint density at radius 2 is 1.31 bits per heavy atom. The molecule has 4 rings (SSSR count). The van der Waals surface area contributed by atoms with E-state index < -0.39 is 11.6 Å². The maximum absolute atomic E-state index is 13.2. The van der Waals surface area contributed by atoms with Gasteiger partial charge in [0.15, 0.2) is 5.78 Å². The van der Waals surface area contributed by atoms with Gasteiger partial charge >= 0.3 is 0 Å². The molecule has 0 radical (unpaired) electrons. The lowest BCUT2D eigenvalue weighted by Gasteiger charge is -2.39. The summed E-state index contributed by atoms with van der Waals surface area (Å²) in [5.41, 5.74) is 1.56. The molecule has 2 fully saturated rings. The summed E-state index contributed by atoms with van der Waals surface area (Å²) in [6, 6.07) is 14.8. The van der Waals surface area contributed by atoms with Gasteiger partial charge in [-0.05, 0) is 51.0 Å². The van der Waals surface area contributed by atoms with Gasteiger partial charge in [-0.1, -0.05) is 36.4 Å². The topological polar surface area (TPSA) is 71.5 Å². The fourth-order valence-corrected chi connectivity index (χ4v) is 5.34. The minimum atomic E-state index is -0.784. The summed E-state index contributed by atoms with van der Waals surface area (Å²) in [5, 5.41) is 10.9. The molecular weight excluding hydrogens is 476 g/mol. The molecule has 1 atom stereocenters. The normalized spacial score (nSPS) is 19.1. The van der Waals surface area contributed by atoms with E-state index in [9.17, 15) is 9.90 Å². The summed E-state index contributed by atoms with van der Waals surface area (Å²) < 4.78 is 16.9. The van der Waals surface area contributed by atoms with E-state index in [1.807, 2.05) is 62.4 Å². The summed E-state index contributed by atoms with van der Waals surface area (Å²) in [4.78, 5) is 17.6. The molecule has 0 bridgehead atoms. The predicted octanol–water partition coefficient (Wildman–Crippen LogP) is 4.16. The highest BCUT2D eigenvalue weighted by Crippen LogP contribution is 2.33. The van der Waals surface area contributed by atoms with Crippen LogP contribution in [-0.2, 0) is 9.47 Å². The summed E-state index contributed by atoms with van der Waals surface area (Å²) in [6.07, 6.45) is -0.784. The highest BCUT2D eigenvalue weighted by atomic mass is 32.2. The monoisotopic (exact) mass is 514 g/mol. The molecule has 0 aromatic heterocycles. The molecule has 1 N–H and O–H groups in total. The average molecular weight is 515 g/mol. The zero-order chi connectivity index (χ0) is 25.8. The van der Waals surface area contributed by atoms with Gasteiger partial charge in [-0.3, -0.25) is 14.6 Å². The SMILES string of the molecule is CC(C)(SOc1ccc(C(O)c2ccc(C(=O)C(C)(C)N3CCOCC3)cc2)cc1)N1CCOCC1. The zero-order valence-corrected chi connectivity index (χ0v) is 22.6. The highest BCUT2D eigenvalue weighted by Gasteiger charge is 2.36. The third kappa shape index (κ3) is 6.30. The van der Waals surface area contributed by atoms with Crippen molar-refractivity contribution < 1.29 is 23.6 Å². The van der Waals surface area contributed by atoms with Crippen LogP contribution in [-0.4, -0.2) is 83.7 Å². The Labute approximate surface area is 218 Å². The number of aliphatic hydroxyl groups is 1. The Kier molecular flexibility index (Phi) is 8.75. The molecule has 2 heterocycles. The summed E-state index contributed by atoms with van der Waals surface area (Å²) in [5.74, 6) is 0.813. The van der Waals surface area contributed by atoms with Gasteiger partial charge in [-0.15, -0.1) is 0 Å². The van der Waals surface area contributed by atoms with E-state index in [-0.39, 0.29) is 10.7 Å². The predicted molar refractivity (Wildman–Crippen MR) is 142 cm³/mol. The van der Waals surface area contributed by atoms with Crippen molar-refractivity contribution in [3.8, 4) is 5.75 Å². The number of hydrogen-bond acceptors (Lipinski definition) is 8.